The lowest BCUT2D eigenvalue weighted by atomic mass is 10.2. The molecule has 7 nitrogen and oxygen atoms in total. The molecule has 0 spiro atoms. The van der Waals surface area contributed by atoms with Gasteiger partial charge in [0, 0.05) is 11.4 Å². The third-order valence-corrected chi connectivity index (χ3v) is 7.48. The SMILES string of the molecule is COc1ccc(S(=O)(=O)Nc2ccc(S(=O)(=O)Nc3ccc(Cl)c(C(F)(F)F)c3)cc2)cc1F. The first-order valence-corrected chi connectivity index (χ1v) is 12.4. The molecule has 0 unspecified atom stereocenters. The van der Waals surface area contributed by atoms with Crippen molar-refractivity contribution < 1.29 is 39.1 Å². The molecule has 0 bridgehead atoms. The van der Waals surface area contributed by atoms with Gasteiger partial charge in [-0.1, -0.05) is 11.6 Å². The second-order valence-corrected chi connectivity index (χ2v) is 10.5. The van der Waals surface area contributed by atoms with Crippen LogP contribution in [0.4, 0.5) is 28.9 Å². The quantitative estimate of drug-likeness (QED) is 0.407. The summed E-state index contributed by atoms with van der Waals surface area (Å²) < 4.78 is 112. The summed E-state index contributed by atoms with van der Waals surface area (Å²) in [7, 11) is -7.31. The summed E-state index contributed by atoms with van der Waals surface area (Å²) in [5.41, 5.74) is -1.63. The van der Waals surface area contributed by atoms with Crippen LogP contribution in [0.5, 0.6) is 5.75 Å². The van der Waals surface area contributed by atoms with E-state index in [0.29, 0.717) is 6.07 Å². The lowest BCUT2D eigenvalue weighted by Gasteiger charge is -2.13. The standard InChI is InChI=1S/C20H15ClF4N2O5S2/c1-32-19-9-7-15(11-18(19)22)34(30,31)26-12-2-5-14(6-3-12)33(28,29)27-13-4-8-17(21)16(10-13)20(23,24)25/h2-11,26-27H,1H3. The number of hydrogen-bond donors (Lipinski definition) is 2. The Morgan fingerprint density at radius 1 is 0.794 bits per heavy atom. The fraction of sp³-hybridized carbons (Fsp3) is 0.100. The highest BCUT2D eigenvalue weighted by molar-refractivity contribution is 7.93. The smallest absolute Gasteiger partial charge is 0.417 e. The maximum Gasteiger partial charge on any atom is 0.417 e. The Balaban J connectivity index is 1.80. The van der Waals surface area contributed by atoms with Crippen LogP contribution in [0.3, 0.4) is 0 Å². The van der Waals surface area contributed by atoms with E-state index >= 15 is 0 Å². The van der Waals surface area contributed by atoms with Crippen LogP contribution < -0.4 is 14.2 Å². The van der Waals surface area contributed by atoms with Crippen molar-refractivity contribution in [3.8, 4) is 5.75 Å². The molecule has 0 aliphatic heterocycles. The highest BCUT2D eigenvalue weighted by Gasteiger charge is 2.33. The van der Waals surface area contributed by atoms with Gasteiger partial charge in [0.25, 0.3) is 20.0 Å². The fourth-order valence-electron chi connectivity index (χ4n) is 2.75. The lowest BCUT2D eigenvalue weighted by Crippen LogP contribution is -2.15. The van der Waals surface area contributed by atoms with E-state index in [-0.39, 0.29) is 22.0 Å². The topological polar surface area (TPSA) is 102 Å². The van der Waals surface area contributed by atoms with Gasteiger partial charge in [-0.25, -0.2) is 21.2 Å². The number of alkyl halides is 3. The average molecular weight is 539 g/mol. The van der Waals surface area contributed by atoms with Gasteiger partial charge in [-0.05, 0) is 60.7 Å². The number of rotatable bonds is 7. The summed E-state index contributed by atoms with van der Waals surface area (Å²) in [6.45, 7) is 0. The van der Waals surface area contributed by atoms with Gasteiger partial charge < -0.3 is 4.74 Å². The minimum atomic E-state index is -4.79. The zero-order chi connectivity index (χ0) is 25.3. The number of halogens is 5. The van der Waals surface area contributed by atoms with E-state index in [1.807, 2.05) is 4.72 Å². The van der Waals surface area contributed by atoms with Crippen molar-refractivity contribution in [3.05, 3.63) is 77.1 Å². The molecular weight excluding hydrogens is 524 g/mol. The van der Waals surface area contributed by atoms with Crippen LogP contribution in [-0.4, -0.2) is 23.9 Å². The molecule has 14 heteroatoms. The Morgan fingerprint density at radius 3 is 1.88 bits per heavy atom. The van der Waals surface area contributed by atoms with Crippen molar-refractivity contribution in [1.29, 1.82) is 0 Å². The van der Waals surface area contributed by atoms with E-state index < -0.39 is 47.5 Å². The second kappa shape index (κ2) is 9.31. The van der Waals surface area contributed by atoms with Gasteiger partial charge in [-0.2, -0.15) is 13.2 Å². The van der Waals surface area contributed by atoms with Crippen molar-refractivity contribution in [1.82, 2.24) is 0 Å². The van der Waals surface area contributed by atoms with Gasteiger partial charge in [0.2, 0.25) is 0 Å². The Kier molecular flexibility index (Phi) is 7.01. The van der Waals surface area contributed by atoms with Crippen molar-refractivity contribution in [3.63, 3.8) is 0 Å². The van der Waals surface area contributed by atoms with E-state index in [0.717, 1.165) is 54.6 Å². The summed E-state index contributed by atoms with van der Waals surface area (Å²) >= 11 is 5.53. The van der Waals surface area contributed by atoms with Gasteiger partial charge in [-0.15, -0.1) is 0 Å². The predicted octanol–water partition coefficient (Wildman–Crippen LogP) is 5.11. The summed E-state index contributed by atoms with van der Waals surface area (Å²) in [6, 6.07) is 9.84. The van der Waals surface area contributed by atoms with Crippen LogP contribution in [0, 0.1) is 5.82 Å². The molecule has 34 heavy (non-hydrogen) atoms. The zero-order valence-electron chi connectivity index (χ0n) is 17.0. The largest absolute Gasteiger partial charge is 0.494 e. The molecule has 0 saturated carbocycles. The summed E-state index contributed by atoms with van der Waals surface area (Å²) in [6.07, 6.45) is -4.79. The molecule has 0 heterocycles. The van der Waals surface area contributed by atoms with Crippen molar-refractivity contribution >= 4 is 43.0 Å². The van der Waals surface area contributed by atoms with Gasteiger partial charge in [0.15, 0.2) is 11.6 Å². The molecule has 0 fully saturated rings. The highest BCUT2D eigenvalue weighted by Crippen LogP contribution is 2.36. The number of ether oxygens (including phenoxy) is 1. The van der Waals surface area contributed by atoms with E-state index in [1.54, 1.807) is 0 Å². The highest BCUT2D eigenvalue weighted by atomic mass is 35.5. The van der Waals surface area contributed by atoms with Crippen molar-refractivity contribution in [2.45, 2.75) is 16.0 Å². The third kappa shape index (κ3) is 5.72. The molecule has 0 aromatic heterocycles. The number of benzene rings is 3. The number of anilines is 2. The van der Waals surface area contributed by atoms with Gasteiger partial charge >= 0.3 is 6.18 Å². The Morgan fingerprint density at radius 2 is 1.32 bits per heavy atom. The monoisotopic (exact) mass is 538 g/mol. The van der Waals surface area contributed by atoms with E-state index in [4.69, 9.17) is 16.3 Å². The van der Waals surface area contributed by atoms with Crippen molar-refractivity contribution in [2.75, 3.05) is 16.6 Å². The average Bonchev–Trinajstić information content (AvgIpc) is 2.74. The normalized spacial score (nSPS) is 12.3. The van der Waals surface area contributed by atoms with Crippen LogP contribution in [0.2, 0.25) is 5.02 Å². The second-order valence-electron chi connectivity index (χ2n) is 6.72. The van der Waals surface area contributed by atoms with Crippen LogP contribution in [0.15, 0.2) is 70.5 Å². The molecule has 0 aliphatic rings. The number of hydrogen-bond acceptors (Lipinski definition) is 5. The zero-order valence-corrected chi connectivity index (χ0v) is 19.4. The first kappa shape index (κ1) is 25.6. The van der Waals surface area contributed by atoms with Gasteiger partial charge in [0.05, 0.1) is 27.5 Å². The first-order valence-electron chi connectivity index (χ1n) is 9.09. The van der Waals surface area contributed by atoms with Crippen LogP contribution in [0.25, 0.3) is 0 Å². The molecule has 0 atom stereocenters. The summed E-state index contributed by atoms with van der Waals surface area (Å²) in [4.78, 5) is -0.748. The molecular formula is C20H15ClF4N2O5S2. The Bertz CT molecular complexity index is 1430. The summed E-state index contributed by atoms with van der Waals surface area (Å²) in [5, 5.41) is -0.594. The van der Waals surface area contributed by atoms with Crippen LogP contribution in [0.1, 0.15) is 5.56 Å². The summed E-state index contributed by atoms with van der Waals surface area (Å²) in [5.74, 6) is -1.04. The molecule has 3 aromatic carbocycles. The third-order valence-electron chi connectivity index (χ3n) is 4.37. The minimum Gasteiger partial charge on any atom is -0.494 e. The molecule has 0 radical (unpaired) electrons. The fourth-order valence-corrected chi connectivity index (χ4v) is 5.09. The number of methoxy groups -OCH3 is 1. The van der Waals surface area contributed by atoms with Crippen LogP contribution >= 0.6 is 11.6 Å². The Hall–Kier alpha value is -3.03. The minimum absolute atomic E-state index is 0.0407. The molecule has 0 amide bonds. The van der Waals surface area contributed by atoms with Crippen LogP contribution in [-0.2, 0) is 26.2 Å². The molecule has 2 N–H and O–H groups in total. The number of nitrogens with one attached hydrogen (secondary N) is 2. The Labute approximate surface area is 197 Å². The molecule has 3 rings (SSSR count). The maximum absolute atomic E-state index is 13.8. The molecule has 0 aliphatic carbocycles. The van der Waals surface area contributed by atoms with Crippen molar-refractivity contribution in [2.24, 2.45) is 0 Å². The maximum atomic E-state index is 13.8. The molecule has 3 aromatic rings. The van der Waals surface area contributed by atoms with E-state index in [2.05, 4.69) is 4.72 Å². The lowest BCUT2D eigenvalue weighted by molar-refractivity contribution is -0.137. The predicted molar refractivity (Wildman–Crippen MR) is 117 cm³/mol. The van der Waals surface area contributed by atoms with E-state index in [1.165, 1.54) is 7.11 Å². The first-order chi connectivity index (χ1) is 15.7. The number of sulfonamides is 2. The van der Waals surface area contributed by atoms with Gasteiger partial charge in [-0.3, -0.25) is 9.44 Å². The molecule has 0 saturated heterocycles. The van der Waals surface area contributed by atoms with E-state index in [9.17, 15) is 34.4 Å². The molecule has 182 valence electrons. The van der Waals surface area contributed by atoms with Gasteiger partial charge in [0.1, 0.15) is 0 Å².